The zero-order chi connectivity index (χ0) is 22.7. The van der Waals surface area contributed by atoms with E-state index in [1.165, 1.54) is 4.90 Å². The van der Waals surface area contributed by atoms with Gasteiger partial charge in [-0.15, -0.1) is 0 Å². The summed E-state index contributed by atoms with van der Waals surface area (Å²) in [6.07, 6.45) is 4.08. The average Bonchev–Trinajstić information content (AvgIpc) is 3.10. The monoisotopic (exact) mass is 428 g/mol. The highest BCUT2D eigenvalue weighted by atomic mass is 16.5. The normalized spacial score (nSPS) is 17.6. The SMILES string of the molecule is CCOc1cccc(N2C(=O)C(=O)/C(=C(/O)c3ccc(CC)cc3)C2c2cccnc2)c1. The molecule has 0 aliphatic carbocycles. The van der Waals surface area contributed by atoms with E-state index in [9.17, 15) is 14.7 Å². The Labute approximate surface area is 186 Å². The number of ketones is 1. The maximum atomic E-state index is 13.2. The van der Waals surface area contributed by atoms with Gasteiger partial charge in [-0.25, -0.2) is 0 Å². The summed E-state index contributed by atoms with van der Waals surface area (Å²) < 4.78 is 5.58. The van der Waals surface area contributed by atoms with Crippen molar-refractivity contribution in [3.63, 3.8) is 0 Å². The van der Waals surface area contributed by atoms with Gasteiger partial charge in [-0.1, -0.05) is 43.3 Å². The van der Waals surface area contributed by atoms with Crippen LogP contribution in [0.4, 0.5) is 5.69 Å². The Bertz CT molecular complexity index is 1170. The number of carbonyl (C=O) groups is 2. The van der Waals surface area contributed by atoms with E-state index in [-0.39, 0.29) is 11.3 Å². The summed E-state index contributed by atoms with van der Waals surface area (Å²) in [5.41, 5.74) is 2.76. The van der Waals surface area contributed by atoms with Gasteiger partial charge in [-0.3, -0.25) is 19.5 Å². The number of ether oxygens (including phenoxy) is 1. The molecule has 2 heterocycles. The predicted molar refractivity (Wildman–Crippen MR) is 122 cm³/mol. The van der Waals surface area contributed by atoms with Gasteiger partial charge in [0.15, 0.2) is 0 Å². The Balaban J connectivity index is 1.89. The van der Waals surface area contributed by atoms with Crippen LogP contribution < -0.4 is 9.64 Å². The third kappa shape index (κ3) is 3.87. The number of hydrogen-bond acceptors (Lipinski definition) is 5. The molecule has 0 spiro atoms. The molecule has 3 aromatic rings. The van der Waals surface area contributed by atoms with E-state index in [0.717, 1.165) is 12.0 Å². The van der Waals surface area contributed by atoms with Gasteiger partial charge in [0.25, 0.3) is 11.7 Å². The summed E-state index contributed by atoms with van der Waals surface area (Å²) in [6.45, 7) is 4.39. The zero-order valence-electron chi connectivity index (χ0n) is 18.0. The Hall–Kier alpha value is -3.93. The smallest absolute Gasteiger partial charge is 0.300 e. The van der Waals surface area contributed by atoms with Gasteiger partial charge in [0, 0.05) is 29.7 Å². The molecule has 0 bridgehead atoms. The lowest BCUT2D eigenvalue weighted by Gasteiger charge is -2.25. The molecule has 0 radical (unpaired) electrons. The van der Waals surface area contributed by atoms with Crippen LogP contribution in [0, 0.1) is 0 Å². The summed E-state index contributed by atoms with van der Waals surface area (Å²) in [5, 5.41) is 11.1. The van der Waals surface area contributed by atoms with Gasteiger partial charge < -0.3 is 9.84 Å². The number of benzene rings is 2. The molecule has 1 fully saturated rings. The first kappa shape index (κ1) is 21.3. The van der Waals surface area contributed by atoms with E-state index in [0.29, 0.717) is 29.2 Å². The van der Waals surface area contributed by atoms with Crippen LogP contribution >= 0.6 is 0 Å². The minimum absolute atomic E-state index is 0.0362. The number of anilines is 1. The highest BCUT2D eigenvalue weighted by molar-refractivity contribution is 6.51. The van der Waals surface area contributed by atoms with Crippen molar-refractivity contribution in [1.82, 2.24) is 4.98 Å². The lowest BCUT2D eigenvalue weighted by atomic mass is 9.95. The second-order valence-electron chi connectivity index (χ2n) is 7.44. The second kappa shape index (κ2) is 9.06. The Morgan fingerprint density at radius 1 is 1.06 bits per heavy atom. The first-order valence-electron chi connectivity index (χ1n) is 10.6. The molecule has 4 rings (SSSR count). The van der Waals surface area contributed by atoms with Crippen LogP contribution in [0.25, 0.3) is 5.76 Å². The highest BCUT2D eigenvalue weighted by Gasteiger charge is 2.47. The molecule has 1 aromatic heterocycles. The summed E-state index contributed by atoms with van der Waals surface area (Å²) in [4.78, 5) is 31.9. The molecular weight excluding hydrogens is 404 g/mol. The largest absolute Gasteiger partial charge is 0.507 e. The lowest BCUT2D eigenvalue weighted by Crippen LogP contribution is -2.29. The fourth-order valence-corrected chi connectivity index (χ4v) is 3.90. The molecule has 6 heteroatoms. The van der Waals surface area contributed by atoms with Gasteiger partial charge in [-0.2, -0.15) is 0 Å². The first-order valence-corrected chi connectivity index (χ1v) is 10.6. The van der Waals surface area contributed by atoms with Crippen LogP contribution in [-0.4, -0.2) is 28.4 Å². The highest BCUT2D eigenvalue weighted by Crippen LogP contribution is 2.42. The molecular formula is C26H24N2O4. The van der Waals surface area contributed by atoms with Crippen LogP contribution in [0.3, 0.4) is 0 Å². The molecule has 162 valence electrons. The Morgan fingerprint density at radius 2 is 1.84 bits per heavy atom. The minimum atomic E-state index is -0.813. The molecule has 1 N–H and O–H groups in total. The number of amides is 1. The molecule has 32 heavy (non-hydrogen) atoms. The Morgan fingerprint density at radius 3 is 2.50 bits per heavy atom. The van der Waals surface area contributed by atoms with Crippen LogP contribution in [0.2, 0.25) is 0 Å². The van der Waals surface area contributed by atoms with Crippen molar-refractivity contribution >= 4 is 23.1 Å². The number of aliphatic hydroxyl groups is 1. The molecule has 1 aliphatic rings. The van der Waals surface area contributed by atoms with E-state index in [2.05, 4.69) is 4.98 Å². The van der Waals surface area contributed by atoms with Crippen molar-refractivity contribution in [2.45, 2.75) is 26.3 Å². The molecule has 1 amide bonds. The number of aryl methyl sites for hydroxylation is 1. The van der Waals surface area contributed by atoms with Crippen LogP contribution in [0.1, 0.15) is 36.6 Å². The zero-order valence-corrected chi connectivity index (χ0v) is 18.0. The van der Waals surface area contributed by atoms with Gasteiger partial charge in [0.05, 0.1) is 18.2 Å². The van der Waals surface area contributed by atoms with Gasteiger partial charge in [0.1, 0.15) is 11.5 Å². The maximum Gasteiger partial charge on any atom is 0.300 e. The topological polar surface area (TPSA) is 79.7 Å². The summed E-state index contributed by atoms with van der Waals surface area (Å²) >= 11 is 0. The van der Waals surface area contributed by atoms with Crippen molar-refractivity contribution in [3.8, 4) is 5.75 Å². The van der Waals surface area contributed by atoms with E-state index in [4.69, 9.17) is 4.74 Å². The number of carbonyl (C=O) groups excluding carboxylic acids is 2. The molecule has 2 aromatic carbocycles. The summed E-state index contributed by atoms with van der Waals surface area (Å²) in [7, 11) is 0. The van der Waals surface area contributed by atoms with Crippen molar-refractivity contribution in [1.29, 1.82) is 0 Å². The predicted octanol–water partition coefficient (Wildman–Crippen LogP) is 4.67. The van der Waals surface area contributed by atoms with Crippen LogP contribution in [-0.2, 0) is 16.0 Å². The third-order valence-corrected chi connectivity index (χ3v) is 5.49. The van der Waals surface area contributed by atoms with Crippen LogP contribution in [0.5, 0.6) is 5.75 Å². The number of rotatable bonds is 6. The standard InChI is InChI=1S/C26H24N2O4/c1-3-17-10-12-18(13-11-17)24(29)22-23(19-7-6-14-27-16-19)28(26(31)25(22)30)20-8-5-9-21(15-20)32-4-2/h5-16,23,29H,3-4H2,1-2H3/b24-22+. The molecule has 0 saturated carbocycles. The fraction of sp³-hybridized carbons (Fsp3) is 0.192. The number of pyridine rings is 1. The minimum Gasteiger partial charge on any atom is -0.507 e. The molecule has 1 aliphatic heterocycles. The van der Waals surface area contributed by atoms with E-state index in [1.54, 1.807) is 60.9 Å². The van der Waals surface area contributed by atoms with Crippen molar-refractivity contribution in [2.75, 3.05) is 11.5 Å². The van der Waals surface area contributed by atoms with E-state index >= 15 is 0 Å². The number of Topliss-reactive ketones (excluding diaryl/α,β-unsaturated/α-hetero) is 1. The molecule has 1 atom stereocenters. The van der Waals surface area contributed by atoms with Crippen molar-refractivity contribution in [3.05, 3.63) is 95.3 Å². The molecule has 6 nitrogen and oxygen atoms in total. The number of nitrogens with zero attached hydrogens (tertiary/aromatic N) is 2. The van der Waals surface area contributed by atoms with Gasteiger partial charge >= 0.3 is 0 Å². The quantitative estimate of drug-likeness (QED) is 0.351. The average molecular weight is 428 g/mol. The van der Waals surface area contributed by atoms with Gasteiger partial charge in [0.2, 0.25) is 0 Å². The number of aromatic nitrogens is 1. The van der Waals surface area contributed by atoms with E-state index in [1.807, 2.05) is 26.0 Å². The third-order valence-electron chi connectivity index (χ3n) is 5.49. The van der Waals surface area contributed by atoms with E-state index < -0.39 is 17.7 Å². The van der Waals surface area contributed by atoms with Crippen molar-refractivity contribution < 1.29 is 19.4 Å². The second-order valence-corrected chi connectivity index (χ2v) is 7.44. The molecule has 1 unspecified atom stereocenters. The summed E-state index contributed by atoms with van der Waals surface area (Å²) in [5.74, 6) is -1.06. The van der Waals surface area contributed by atoms with Crippen LogP contribution in [0.15, 0.2) is 78.6 Å². The number of hydrogen-bond donors (Lipinski definition) is 1. The lowest BCUT2D eigenvalue weighted by molar-refractivity contribution is -0.132. The fourth-order valence-electron chi connectivity index (χ4n) is 3.90. The Kier molecular flexibility index (Phi) is 6.03. The molecule has 1 saturated heterocycles. The maximum absolute atomic E-state index is 13.2. The number of aliphatic hydroxyl groups excluding tert-OH is 1. The van der Waals surface area contributed by atoms with Crippen molar-refractivity contribution in [2.24, 2.45) is 0 Å². The van der Waals surface area contributed by atoms with Gasteiger partial charge in [-0.05, 0) is 42.7 Å². The summed E-state index contributed by atoms with van der Waals surface area (Å²) in [6, 6.07) is 17.0. The first-order chi connectivity index (χ1) is 15.5.